The van der Waals surface area contributed by atoms with Crippen molar-refractivity contribution in [3.05, 3.63) is 59.7 Å². The van der Waals surface area contributed by atoms with Gasteiger partial charge in [-0.1, -0.05) is 24.3 Å². The Labute approximate surface area is 129 Å². The molecule has 2 aromatic rings. The van der Waals surface area contributed by atoms with Crippen molar-refractivity contribution in [1.29, 1.82) is 0 Å². The monoisotopic (exact) mass is 319 g/mol. The van der Waals surface area contributed by atoms with Crippen LogP contribution in [-0.4, -0.2) is 26.0 Å². The fourth-order valence-electron chi connectivity index (χ4n) is 2.04. The number of benzene rings is 2. The molecule has 0 aromatic heterocycles. The Bertz CT molecular complexity index is 785. The zero-order valence-corrected chi connectivity index (χ0v) is 13.2. The highest BCUT2D eigenvalue weighted by atomic mass is 32.2. The van der Waals surface area contributed by atoms with Crippen molar-refractivity contribution in [3.63, 3.8) is 0 Å². The number of hydrogen-bond donors (Lipinski definition) is 1. The van der Waals surface area contributed by atoms with E-state index in [1.807, 2.05) is 13.8 Å². The van der Waals surface area contributed by atoms with Crippen molar-refractivity contribution in [2.24, 2.45) is 0 Å². The topological polar surface area (TPSA) is 74.7 Å². The van der Waals surface area contributed by atoms with Crippen LogP contribution in [0.2, 0.25) is 0 Å². The van der Waals surface area contributed by atoms with Crippen LogP contribution >= 0.6 is 0 Å². The lowest BCUT2D eigenvalue weighted by atomic mass is 10.1. The van der Waals surface area contributed by atoms with Crippen LogP contribution in [-0.2, 0) is 14.8 Å². The third-order valence-corrected chi connectivity index (χ3v) is 5.18. The maximum atomic E-state index is 12.7. The number of carboxylic acid groups (broad SMARTS) is 1. The largest absolute Gasteiger partial charge is 0.480 e. The lowest BCUT2D eigenvalue weighted by molar-refractivity contribution is -0.135. The van der Waals surface area contributed by atoms with Gasteiger partial charge in [0, 0.05) is 0 Å². The van der Waals surface area contributed by atoms with E-state index in [1.165, 1.54) is 12.1 Å². The Morgan fingerprint density at radius 3 is 2.23 bits per heavy atom. The SMILES string of the molecule is Cc1ccc(N(CC(=O)O)S(=O)(=O)c2ccccc2)cc1C. The highest BCUT2D eigenvalue weighted by molar-refractivity contribution is 7.92. The lowest BCUT2D eigenvalue weighted by Crippen LogP contribution is -2.35. The summed E-state index contributed by atoms with van der Waals surface area (Å²) in [6, 6.07) is 12.9. The zero-order chi connectivity index (χ0) is 16.3. The van der Waals surface area contributed by atoms with Crippen molar-refractivity contribution in [1.82, 2.24) is 0 Å². The van der Waals surface area contributed by atoms with Gasteiger partial charge < -0.3 is 5.11 Å². The average molecular weight is 319 g/mol. The summed E-state index contributed by atoms with van der Waals surface area (Å²) in [5.74, 6) is -1.21. The van der Waals surface area contributed by atoms with Gasteiger partial charge in [0.1, 0.15) is 6.54 Å². The summed E-state index contributed by atoms with van der Waals surface area (Å²) in [5.41, 5.74) is 2.25. The first-order valence-corrected chi connectivity index (χ1v) is 8.13. The standard InChI is InChI=1S/C16H17NO4S/c1-12-8-9-14(10-13(12)2)17(11-16(18)19)22(20,21)15-6-4-3-5-7-15/h3-10H,11H2,1-2H3,(H,18,19). The predicted molar refractivity (Wildman–Crippen MR) is 84.5 cm³/mol. The molecule has 22 heavy (non-hydrogen) atoms. The van der Waals surface area contributed by atoms with Gasteiger partial charge in [0.25, 0.3) is 10.0 Å². The zero-order valence-electron chi connectivity index (χ0n) is 12.4. The van der Waals surface area contributed by atoms with Crippen molar-refractivity contribution in [2.45, 2.75) is 18.7 Å². The molecule has 0 unspecified atom stereocenters. The number of aryl methyl sites for hydroxylation is 2. The van der Waals surface area contributed by atoms with Crippen LogP contribution in [0.5, 0.6) is 0 Å². The quantitative estimate of drug-likeness (QED) is 0.919. The number of aliphatic carboxylic acids is 1. The van der Waals surface area contributed by atoms with Gasteiger partial charge in [0.15, 0.2) is 0 Å². The number of rotatable bonds is 5. The minimum absolute atomic E-state index is 0.0643. The number of hydrogen-bond acceptors (Lipinski definition) is 3. The minimum atomic E-state index is -3.93. The smallest absolute Gasteiger partial charge is 0.324 e. The fourth-order valence-corrected chi connectivity index (χ4v) is 3.47. The van der Waals surface area contributed by atoms with Crippen LogP contribution < -0.4 is 4.31 Å². The van der Waals surface area contributed by atoms with E-state index >= 15 is 0 Å². The normalized spacial score (nSPS) is 11.2. The highest BCUT2D eigenvalue weighted by Gasteiger charge is 2.27. The first kappa shape index (κ1) is 16.0. The maximum absolute atomic E-state index is 12.7. The molecule has 6 heteroatoms. The van der Waals surface area contributed by atoms with E-state index in [9.17, 15) is 13.2 Å². The number of carboxylic acids is 1. The summed E-state index contributed by atoms with van der Waals surface area (Å²) in [6.45, 7) is 3.14. The van der Waals surface area contributed by atoms with Gasteiger partial charge in [-0.05, 0) is 49.2 Å². The summed E-state index contributed by atoms with van der Waals surface area (Å²) in [7, 11) is -3.93. The van der Waals surface area contributed by atoms with Gasteiger partial charge in [-0.15, -0.1) is 0 Å². The molecule has 116 valence electrons. The Hall–Kier alpha value is -2.34. The summed E-state index contributed by atoms with van der Waals surface area (Å²) >= 11 is 0. The Morgan fingerprint density at radius 1 is 1.05 bits per heavy atom. The van der Waals surface area contributed by atoms with E-state index in [0.717, 1.165) is 15.4 Å². The van der Waals surface area contributed by atoms with Gasteiger partial charge in [-0.2, -0.15) is 0 Å². The van der Waals surface area contributed by atoms with Crippen molar-refractivity contribution in [3.8, 4) is 0 Å². The molecule has 0 saturated heterocycles. The van der Waals surface area contributed by atoms with Crippen LogP contribution in [0, 0.1) is 13.8 Å². The van der Waals surface area contributed by atoms with Crippen LogP contribution in [0.15, 0.2) is 53.4 Å². The molecule has 5 nitrogen and oxygen atoms in total. The van der Waals surface area contributed by atoms with Crippen molar-refractivity contribution in [2.75, 3.05) is 10.8 Å². The first-order chi connectivity index (χ1) is 10.3. The van der Waals surface area contributed by atoms with Crippen LogP contribution in [0.1, 0.15) is 11.1 Å². The Kier molecular flexibility index (Phi) is 4.51. The molecule has 0 fully saturated rings. The highest BCUT2D eigenvalue weighted by Crippen LogP contribution is 2.25. The van der Waals surface area contributed by atoms with E-state index in [2.05, 4.69) is 0 Å². The molecule has 0 aliphatic heterocycles. The lowest BCUT2D eigenvalue weighted by Gasteiger charge is -2.23. The molecule has 0 aliphatic carbocycles. The number of nitrogens with zero attached hydrogens (tertiary/aromatic N) is 1. The molecule has 0 aliphatic rings. The van der Waals surface area contributed by atoms with E-state index in [-0.39, 0.29) is 4.90 Å². The molecule has 2 aromatic carbocycles. The van der Waals surface area contributed by atoms with Crippen molar-refractivity contribution < 1.29 is 18.3 Å². The van der Waals surface area contributed by atoms with Crippen LogP contribution in [0.25, 0.3) is 0 Å². The summed E-state index contributed by atoms with van der Waals surface area (Å²) in [5, 5.41) is 9.07. The predicted octanol–water partition coefficient (Wildman–Crippen LogP) is 2.58. The second-order valence-electron chi connectivity index (χ2n) is 4.99. The third-order valence-electron chi connectivity index (χ3n) is 3.39. The van der Waals surface area contributed by atoms with Gasteiger partial charge in [-0.3, -0.25) is 9.10 Å². The van der Waals surface area contributed by atoms with Gasteiger partial charge >= 0.3 is 5.97 Å². The molecule has 0 atom stereocenters. The molecule has 0 amide bonds. The molecule has 0 bridgehead atoms. The maximum Gasteiger partial charge on any atom is 0.324 e. The second-order valence-corrected chi connectivity index (χ2v) is 6.85. The summed E-state index contributed by atoms with van der Waals surface area (Å²) in [4.78, 5) is 11.2. The molecule has 1 N–H and O–H groups in total. The second kappa shape index (κ2) is 6.19. The van der Waals surface area contributed by atoms with E-state index in [4.69, 9.17) is 5.11 Å². The molecule has 0 radical (unpaired) electrons. The van der Waals surface area contributed by atoms with Crippen LogP contribution in [0.3, 0.4) is 0 Å². The number of anilines is 1. The summed E-state index contributed by atoms with van der Waals surface area (Å²) < 4.78 is 26.4. The van der Waals surface area contributed by atoms with E-state index in [0.29, 0.717) is 5.69 Å². The minimum Gasteiger partial charge on any atom is -0.480 e. The van der Waals surface area contributed by atoms with E-state index < -0.39 is 22.5 Å². The molecular formula is C16H17NO4S. The molecule has 0 saturated carbocycles. The van der Waals surface area contributed by atoms with Gasteiger partial charge in [0.05, 0.1) is 10.6 Å². The molecule has 0 heterocycles. The van der Waals surface area contributed by atoms with Gasteiger partial charge in [-0.25, -0.2) is 8.42 Å². The number of carbonyl (C=O) groups is 1. The van der Waals surface area contributed by atoms with Crippen molar-refractivity contribution >= 4 is 21.7 Å². The number of sulfonamides is 1. The Balaban J connectivity index is 2.55. The molecule has 0 spiro atoms. The average Bonchev–Trinajstić information content (AvgIpc) is 2.48. The van der Waals surface area contributed by atoms with Gasteiger partial charge in [0.2, 0.25) is 0 Å². The Morgan fingerprint density at radius 2 is 1.68 bits per heavy atom. The third kappa shape index (κ3) is 3.28. The first-order valence-electron chi connectivity index (χ1n) is 6.69. The fraction of sp³-hybridized carbons (Fsp3) is 0.188. The summed E-state index contributed by atoms with van der Waals surface area (Å²) in [6.07, 6.45) is 0. The van der Waals surface area contributed by atoms with Crippen LogP contribution in [0.4, 0.5) is 5.69 Å². The molecular weight excluding hydrogens is 302 g/mol. The molecule has 2 rings (SSSR count). The van der Waals surface area contributed by atoms with E-state index in [1.54, 1.807) is 36.4 Å².